The van der Waals surface area contributed by atoms with Gasteiger partial charge >= 0.3 is 0 Å². The Morgan fingerprint density at radius 1 is 0.886 bits per heavy atom. The number of amides is 2. The summed E-state index contributed by atoms with van der Waals surface area (Å²) >= 11 is 0. The van der Waals surface area contributed by atoms with Gasteiger partial charge < -0.3 is 20.3 Å². The molecule has 0 aromatic heterocycles. The number of carbonyl (C=O) groups is 2. The monoisotopic (exact) mass is 472 g/mol. The van der Waals surface area contributed by atoms with Crippen LogP contribution in [0.5, 0.6) is 0 Å². The van der Waals surface area contributed by atoms with Gasteiger partial charge in [-0.15, -0.1) is 0 Å². The standard InChI is InChI=1S/C28H32N4O3/c1-21-8-10-24(11-9-21)30-28(34)27(22-6-4-3-5-7-22)31(2)20-26(33)29-23-12-14-25(15-13-23)32-16-18-35-19-17-32/h3-15,27H,16-20H2,1-2H3,(H,29,33)(H,30,34)/t27-/m1/s1. The fraction of sp³-hybridized carbons (Fsp3) is 0.286. The third-order valence-corrected chi connectivity index (χ3v) is 6.04. The van der Waals surface area contributed by atoms with E-state index in [0.717, 1.165) is 54.5 Å². The van der Waals surface area contributed by atoms with Crippen molar-refractivity contribution in [2.75, 3.05) is 55.4 Å². The molecule has 0 unspecified atom stereocenters. The number of aryl methyl sites for hydroxylation is 1. The SMILES string of the molecule is Cc1ccc(NC(=O)[C@@H](c2ccccc2)N(C)CC(=O)Nc2ccc(N3CCOCC3)cc2)cc1. The number of rotatable bonds is 8. The highest BCUT2D eigenvalue weighted by Crippen LogP contribution is 2.23. The van der Waals surface area contributed by atoms with Gasteiger partial charge in [0.05, 0.1) is 19.8 Å². The summed E-state index contributed by atoms with van der Waals surface area (Å²) in [7, 11) is 1.79. The zero-order chi connectivity index (χ0) is 24.6. The van der Waals surface area contributed by atoms with Crippen LogP contribution in [0.2, 0.25) is 0 Å². The molecule has 0 aliphatic carbocycles. The van der Waals surface area contributed by atoms with Gasteiger partial charge in [0.25, 0.3) is 0 Å². The van der Waals surface area contributed by atoms with E-state index in [-0.39, 0.29) is 18.4 Å². The summed E-state index contributed by atoms with van der Waals surface area (Å²) in [4.78, 5) is 30.1. The minimum atomic E-state index is -0.619. The van der Waals surface area contributed by atoms with Gasteiger partial charge in [-0.3, -0.25) is 14.5 Å². The molecule has 1 saturated heterocycles. The molecule has 2 N–H and O–H groups in total. The van der Waals surface area contributed by atoms with Crippen LogP contribution in [0.4, 0.5) is 17.1 Å². The maximum Gasteiger partial charge on any atom is 0.246 e. The van der Waals surface area contributed by atoms with Crippen LogP contribution in [0.3, 0.4) is 0 Å². The van der Waals surface area contributed by atoms with Gasteiger partial charge in [0.15, 0.2) is 0 Å². The molecular weight excluding hydrogens is 440 g/mol. The summed E-state index contributed by atoms with van der Waals surface area (Å²) in [6.45, 7) is 5.24. The van der Waals surface area contributed by atoms with E-state index < -0.39 is 6.04 Å². The van der Waals surface area contributed by atoms with Gasteiger partial charge in [-0.25, -0.2) is 0 Å². The molecule has 1 aliphatic rings. The molecule has 3 aromatic rings. The lowest BCUT2D eigenvalue weighted by molar-refractivity contribution is -0.123. The van der Waals surface area contributed by atoms with Gasteiger partial charge in [-0.2, -0.15) is 0 Å². The maximum absolute atomic E-state index is 13.3. The van der Waals surface area contributed by atoms with Gasteiger partial charge in [0, 0.05) is 30.2 Å². The largest absolute Gasteiger partial charge is 0.378 e. The van der Waals surface area contributed by atoms with Crippen molar-refractivity contribution in [1.29, 1.82) is 0 Å². The minimum absolute atomic E-state index is 0.0616. The lowest BCUT2D eigenvalue weighted by atomic mass is 10.0. The first-order chi connectivity index (χ1) is 17.0. The van der Waals surface area contributed by atoms with Crippen LogP contribution in [-0.2, 0) is 14.3 Å². The molecule has 1 fully saturated rings. The second kappa shape index (κ2) is 11.6. The lowest BCUT2D eigenvalue weighted by Gasteiger charge is -2.29. The average Bonchev–Trinajstić information content (AvgIpc) is 2.87. The quantitative estimate of drug-likeness (QED) is 0.517. The third-order valence-electron chi connectivity index (χ3n) is 6.04. The molecule has 0 radical (unpaired) electrons. The van der Waals surface area contributed by atoms with Gasteiger partial charge in [0.1, 0.15) is 6.04 Å². The number of morpholine rings is 1. The average molecular weight is 473 g/mol. The van der Waals surface area contributed by atoms with Gasteiger partial charge in [0.2, 0.25) is 11.8 Å². The van der Waals surface area contributed by atoms with Crippen molar-refractivity contribution < 1.29 is 14.3 Å². The maximum atomic E-state index is 13.3. The van der Waals surface area contributed by atoms with Crippen LogP contribution in [0.15, 0.2) is 78.9 Å². The van der Waals surface area contributed by atoms with Crippen molar-refractivity contribution in [3.8, 4) is 0 Å². The Balaban J connectivity index is 1.41. The minimum Gasteiger partial charge on any atom is -0.378 e. The summed E-state index contributed by atoms with van der Waals surface area (Å²) < 4.78 is 5.41. The van der Waals surface area contributed by atoms with E-state index >= 15 is 0 Å². The number of nitrogens with zero attached hydrogens (tertiary/aromatic N) is 2. The fourth-order valence-corrected chi connectivity index (χ4v) is 4.18. The summed E-state index contributed by atoms with van der Waals surface area (Å²) in [5.41, 5.74) is 4.50. The first-order valence-corrected chi connectivity index (χ1v) is 11.8. The van der Waals surface area contributed by atoms with Crippen molar-refractivity contribution >= 4 is 28.9 Å². The Hall–Kier alpha value is -3.68. The highest BCUT2D eigenvalue weighted by Gasteiger charge is 2.27. The number of carbonyl (C=O) groups excluding carboxylic acids is 2. The molecule has 0 saturated carbocycles. The number of hydrogen-bond acceptors (Lipinski definition) is 5. The fourth-order valence-electron chi connectivity index (χ4n) is 4.18. The van der Waals surface area contributed by atoms with Crippen molar-refractivity contribution in [3.63, 3.8) is 0 Å². The Kier molecular flexibility index (Phi) is 8.13. The highest BCUT2D eigenvalue weighted by molar-refractivity contribution is 5.97. The number of anilines is 3. The molecule has 7 nitrogen and oxygen atoms in total. The molecular formula is C28H32N4O3. The smallest absolute Gasteiger partial charge is 0.246 e. The summed E-state index contributed by atoms with van der Waals surface area (Å²) in [5, 5.41) is 5.93. The van der Waals surface area contributed by atoms with Crippen LogP contribution >= 0.6 is 0 Å². The zero-order valence-corrected chi connectivity index (χ0v) is 20.2. The number of benzene rings is 3. The summed E-state index contributed by atoms with van der Waals surface area (Å²) in [6, 6.07) is 24.4. The second-order valence-electron chi connectivity index (χ2n) is 8.78. The predicted molar refractivity (Wildman–Crippen MR) is 140 cm³/mol. The Morgan fingerprint density at radius 3 is 2.14 bits per heavy atom. The normalized spacial score (nSPS) is 14.4. The molecule has 1 atom stereocenters. The van der Waals surface area contributed by atoms with Crippen LogP contribution in [0, 0.1) is 6.92 Å². The Labute approximate surface area is 206 Å². The molecule has 1 heterocycles. The highest BCUT2D eigenvalue weighted by atomic mass is 16.5. The molecule has 0 spiro atoms. The van der Waals surface area contributed by atoms with Crippen molar-refractivity contribution in [3.05, 3.63) is 90.0 Å². The van der Waals surface area contributed by atoms with E-state index in [1.54, 1.807) is 11.9 Å². The van der Waals surface area contributed by atoms with Crippen LogP contribution < -0.4 is 15.5 Å². The van der Waals surface area contributed by atoms with Crippen LogP contribution in [-0.4, -0.2) is 56.6 Å². The summed E-state index contributed by atoms with van der Waals surface area (Å²) in [5.74, 6) is -0.374. The van der Waals surface area contributed by atoms with Crippen molar-refractivity contribution in [2.24, 2.45) is 0 Å². The molecule has 4 rings (SSSR count). The van der Waals surface area contributed by atoms with Crippen LogP contribution in [0.1, 0.15) is 17.2 Å². The molecule has 2 amide bonds. The zero-order valence-electron chi connectivity index (χ0n) is 20.2. The summed E-state index contributed by atoms with van der Waals surface area (Å²) in [6.07, 6.45) is 0. The number of hydrogen-bond donors (Lipinski definition) is 2. The molecule has 7 heteroatoms. The number of likely N-dealkylation sites (N-methyl/N-ethyl adjacent to an activating group) is 1. The van der Waals surface area contributed by atoms with E-state index in [4.69, 9.17) is 4.74 Å². The molecule has 1 aliphatic heterocycles. The van der Waals surface area contributed by atoms with Crippen molar-refractivity contribution in [2.45, 2.75) is 13.0 Å². The predicted octanol–water partition coefficient (Wildman–Crippen LogP) is 4.08. The molecule has 3 aromatic carbocycles. The molecule has 35 heavy (non-hydrogen) atoms. The van der Waals surface area contributed by atoms with Gasteiger partial charge in [-0.1, -0.05) is 48.0 Å². The number of nitrogens with one attached hydrogen (secondary N) is 2. The Bertz CT molecular complexity index is 1110. The number of ether oxygens (including phenoxy) is 1. The van der Waals surface area contributed by atoms with Gasteiger partial charge in [-0.05, 0) is 55.9 Å². The van der Waals surface area contributed by atoms with E-state index in [0.29, 0.717) is 0 Å². The lowest BCUT2D eigenvalue weighted by Crippen LogP contribution is -2.39. The molecule has 182 valence electrons. The first-order valence-electron chi connectivity index (χ1n) is 11.8. The second-order valence-corrected chi connectivity index (χ2v) is 8.78. The van der Waals surface area contributed by atoms with Crippen molar-refractivity contribution in [1.82, 2.24) is 4.90 Å². The van der Waals surface area contributed by atoms with E-state index in [9.17, 15) is 9.59 Å². The topological polar surface area (TPSA) is 73.9 Å². The van der Waals surface area contributed by atoms with E-state index in [1.165, 1.54) is 0 Å². The van der Waals surface area contributed by atoms with E-state index in [1.807, 2.05) is 85.8 Å². The Morgan fingerprint density at radius 2 is 1.49 bits per heavy atom. The third kappa shape index (κ3) is 6.68. The molecule has 0 bridgehead atoms. The first kappa shape index (κ1) is 24.4. The van der Waals surface area contributed by atoms with Crippen LogP contribution in [0.25, 0.3) is 0 Å². The van der Waals surface area contributed by atoms with E-state index in [2.05, 4.69) is 15.5 Å².